The Morgan fingerprint density at radius 3 is 2.52 bits per heavy atom. The van der Waals surface area contributed by atoms with E-state index in [4.69, 9.17) is 9.88 Å². The molecule has 11 heteroatoms. The molecule has 3 aromatic rings. The standard InChI is InChI=1S/C20H25N7O3S/c1-13(2)27-12-24-26-20(27)30-17-6-3-14(9-17)15-10-22-19(23-11-15)25-16-4-7-18(8-5-16)31(21,28)29/h4-5,7-8,10-14,17H,3,6,9H2,1-2H3,(H2,21,28,29)(H,22,23,25)/t14-,17+/m1/s1. The number of aromatic nitrogens is 5. The lowest BCUT2D eigenvalue weighted by molar-refractivity contribution is 0.178. The third-order valence-electron chi connectivity index (χ3n) is 5.34. The summed E-state index contributed by atoms with van der Waals surface area (Å²) in [6, 6.07) is 6.91. The van der Waals surface area contributed by atoms with Crippen molar-refractivity contribution in [3.8, 4) is 6.01 Å². The first-order valence-electron chi connectivity index (χ1n) is 10.1. The molecule has 1 aliphatic carbocycles. The molecule has 1 aromatic carbocycles. The maximum absolute atomic E-state index is 11.3. The van der Waals surface area contributed by atoms with Crippen LogP contribution in [-0.2, 0) is 10.0 Å². The van der Waals surface area contributed by atoms with Crippen molar-refractivity contribution in [2.45, 2.75) is 56.1 Å². The summed E-state index contributed by atoms with van der Waals surface area (Å²) in [6.45, 7) is 4.13. The number of benzene rings is 1. The van der Waals surface area contributed by atoms with E-state index in [-0.39, 0.29) is 17.0 Å². The predicted octanol–water partition coefficient (Wildman–Crippen LogP) is 2.76. The van der Waals surface area contributed by atoms with Crippen molar-refractivity contribution in [2.75, 3.05) is 5.32 Å². The van der Waals surface area contributed by atoms with Crippen LogP contribution in [0.2, 0.25) is 0 Å². The number of rotatable bonds is 7. The Kier molecular flexibility index (Phi) is 5.88. The number of nitrogens with two attached hydrogens (primary N) is 1. The Labute approximate surface area is 180 Å². The van der Waals surface area contributed by atoms with Crippen LogP contribution in [0, 0.1) is 0 Å². The summed E-state index contributed by atoms with van der Waals surface area (Å²) in [7, 11) is -3.71. The van der Waals surface area contributed by atoms with Crippen LogP contribution in [0.3, 0.4) is 0 Å². The van der Waals surface area contributed by atoms with Gasteiger partial charge in [0.2, 0.25) is 16.0 Å². The largest absolute Gasteiger partial charge is 0.460 e. The van der Waals surface area contributed by atoms with E-state index in [1.165, 1.54) is 12.1 Å². The van der Waals surface area contributed by atoms with Gasteiger partial charge in [0, 0.05) is 24.1 Å². The highest BCUT2D eigenvalue weighted by molar-refractivity contribution is 7.89. The third kappa shape index (κ3) is 5.00. The minimum atomic E-state index is -3.71. The molecule has 31 heavy (non-hydrogen) atoms. The summed E-state index contributed by atoms with van der Waals surface area (Å²) in [5.41, 5.74) is 1.73. The molecule has 1 aliphatic rings. The van der Waals surface area contributed by atoms with E-state index in [2.05, 4.69) is 39.3 Å². The van der Waals surface area contributed by atoms with E-state index >= 15 is 0 Å². The Morgan fingerprint density at radius 1 is 1.16 bits per heavy atom. The van der Waals surface area contributed by atoms with Crippen molar-refractivity contribution in [3.05, 3.63) is 48.5 Å². The highest BCUT2D eigenvalue weighted by atomic mass is 32.2. The molecule has 1 fully saturated rings. The van der Waals surface area contributed by atoms with Gasteiger partial charge in [0.15, 0.2) is 0 Å². The number of nitrogens with one attached hydrogen (secondary N) is 1. The second-order valence-electron chi connectivity index (χ2n) is 7.90. The van der Waals surface area contributed by atoms with E-state index in [9.17, 15) is 8.42 Å². The maximum atomic E-state index is 11.3. The van der Waals surface area contributed by atoms with Crippen LogP contribution in [0.4, 0.5) is 11.6 Å². The number of nitrogens with zero attached hydrogens (tertiary/aromatic N) is 5. The monoisotopic (exact) mass is 443 g/mol. The molecule has 4 rings (SSSR count). The first-order valence-corrected chi connectivity index (χ1v) is 11.6. The molecule has 2 atom stereocenters. The summed E-state index contributed by atoms with van der Waals surface area (Å²) in [6.07, 6.45) is 8.21. The van der Waals surface area contributed by atoms with Crippen molar-refractivity contribution in [1.29, 1.82) is 0 Å². The first kappa shape index (κ1) is 21.2. The van der Waals surface area contributed by atoms with Crippen molar-refractivity contribution >= 4 is 21.7 Å². The zero-order chi connectivity index (χ0) is 22.0. The lowest BCUT2D eigenvalue weighted by atomic mass is 10.0. The molecular formula is C20H25N7O3S. The van der Waals surface area contributed by atoms with Crippen LogP contribution >= 0.6 is 0 Å². The highest BCUT2D eigenvalue weighted by Gasteiger charge is 2.29. The SMILES string of the molecule is CC(C)n1cnnc1O[C@H]1CC[C@@H](c2cnc(Nc3ccc(S(N)(=O)=O)cc3)nc2)C1. The van der Waals surface area contributed by atoms with Crippen LogP contribution in [0.5, 0.6) is 6.01 Å². The predicted molar refractivity (Wildman–Crippen MR) is 115 cm³/mol. The van der Waals surface area contributed by atoms with Gasteiger partial charge in [-0.3, -0.25) is 4.57 Å². The van der Waals surface area contributed by atoms with Crippen LogP contribution in [0.25, 0.3) is 0 Å². The minimum absolute atomic E-state index is 0.0546. The quantitative estimate of drug-likeness (QED) is 0.568. The average molecular weight is 444 g/mol. The topological polar surface area (TPSA) is 138 Å². The van der Waals surface area contributed by atoms with Crippen LogP contribution in [-0.4, -0.2) is 39.3 Å². The van der Waals surface area contributed by atoms with E-state index in [0.29, 0.717) is 23.6 Å². The van der Waals surface area contributed by atoms with Gasteiger partial charge in [0.25, 0.3) is 0 Å². The molecule has 2 aromatic heterocycles. The normalized spacial score (nSPS) is 19.0. The summed E-state index contributed by atoms with van der Waals surface area (Å²) in [4.78, 5) is 8.85. The zero-order valence-corrected chi connectivity index (χ0v) is 18.2. The number of hydrogen-bond donors (Lipinski definition) is 2. The molecule has 0 aliphatic heterocycles. The smallest absolute Gasteiger partial charge is 0.317 e. The Hall–Kier alpha value is -3.05. The number of hydrogen-bond acceptors (Lipinski definition) is 8. The van der Waals surface area contributed by atoms with Gasteiger partial charge in [-0.25, -0.2) is 23.5 Å². The molecule has 164 valence electrons. The molecule has 1 saturated carbocycles. The summed E-state index contributed by atoms with van der Waals surface area (Å²) in [5.74, 6) is 0.756. The second kappa shape index (κ2) is 8.60. The Bertz CT molecular complexity index is 1130. The van der Waals surface area contributed by atoms with Crippen LogP contribution in [0.15, 0.2) is 47.9 Å². The molecule has 2 heterocycles. The molecule has 0 amide bonds. The van der Waals surface area contributed by atoms with E-state index < -0.39 is 10.0 Å². The van der Waals surface area contributed by atoms with Gasteiger partial charge < -0.3 is 10.1 Å². The third-order valence-corrected chi connectivity index (χ3v) is 6.26. The lowest BCUT2D eigenvalue weighted by Crippen LogP contribution is -2.16. The first-order chi connectivity index (χ1) is 14.8. The molecule has 0 unspecified atom stereocenters. The van der Waals surface area contributed by atoms with Crippen LogP contribution < -0.4 is 15.2 Å². The number of ether oxygens (including phenoxy) is 1. The van der Waals surface area contributed by atoms with Crippen molar-refractivity contribution in [1.82, 2.24) is 24.7 Å². The van der Waals surface area contributed by atoms with Crippen molar-refractivity contribution in [2.24, 2.45) is 5.14 Å². The Balaban J connectivity index is 1.36. The van der Waals surface area contributed by atoms with Gasteiger partial charge in [-0.1, -0.05) is 5.10 Å². The molecule has 0 saturated heterocycles. The summed E-state index contributed by atoms with van der Waals surface area (Å²) < 4.78 is 30.7. The molecule has 0 radical (unpaired) electrons. The summed E-state index contributed by atoms with van der Waals surface area (Å²) >= 11 is 0. The fourth-order valence-electron chi connectivity index (χ4n) is 3.64. The fourth-order valence-corrected chi connectivity index (χ4v) is 4.16. The van der Waals surface area contributed by atoms with Gasteiger partial charge in [-0.15, -0.1) is 5.10 Å². The highest BCUT2D eigenvalue weighted by Crippen LogP contribution is 2.36. The van der Waals surface area contributed by atoms with Crippen molar-refractivity contribution < 1.29 is 13.2 Å². The minimum Gasteiger partial charge on any atom is -0.460 e. The fraction of sp³-hybridized carbons (Fsp3) is 0.400. The van der Waals surface area contributed by atoms with Crippen LogP contribution in [0.1, 0.15) is 50.6 Å². The average Bonchev–Trinajstić information content (AvgIpc) is 3.38. The Morgan fingerprint density at radius 2 is 1.87 bits per heavy atom. The summed E-state index contributed by atoms with van der Waals surface area (Å²) in [5, 5.41) is 16.2. The van der Waals surface area contributed by atoms with E-state index in [1.807, 2.05) is 17.0 Å². The molecule has 0 spiro atoms. The van der Waals surface area contributed by atoms with Gasteiger partial charge >= 0.3 is 6.01 Å². The molecule has 10 nitrogen and oxygen atoms in total. The lowest BCUT2D eigenvalue weighted by Gasteiger charge is -2.16. The maximum Gasteiger partial charge on any atom is 0.317 e. The van der Waals surface area contributed by atoms with Gasteiger partial charge in [0.05, 0.1) is 4.90 Å². The number of anilines is 2. The number of primary sulfonamides is 1. The van der Waals surface area contributed by atoms with E-state index in [0.717, 1.165) is 24.8 Å². The second-order valence-corrected chi connectivity index (χ2v) is 9.46. The van der Waals surface area contributed by atoms with Gasteiger partial charge in [0.1, 0.15) is 12.4 Å². The molecular weight excluding hydrogens is 418 g/mol. The van der Waals surface area contributed by atoms with Gasteiger partial charge in [-0.05, 0) is 68.9 Å². The van der Waals surface area contributed by atoms with E-state index in [1.54, 1.807) is 18.5 Å². The van der Waals surface area contributed by atoms with Gasteiger partial charge in [-0.2, -0.15) is 0 Å². The zero-order valence-electron chi connectivity index (χ0n) is 17.3. The molecule has 3 N–H and O–H groups in total. The molecule has 0 bridgehead atoms. The number of sulfonamides is 1. The van der Waals surface area contributed by atoms with Crippen molar-refractivity contribution in [3.63, 3.8) is 0 Å².